The third-order valence-corrected chi connectivity index (χ3v) is 3.62. The van der Waals surface area contributed by atoms with E-state index >= 15 is 0 Å². The molecule has 0 amide bonds. The van der Waals surface area contributed by atoms with Crippen molar-refractivity contribution in [3.63, 3.8) is 0 Å². The first kappa shape index (κ1) is 13.9. The van der Waals surface area contributed by atoms with Crippen LogP contribution >= 0.6 is 0 Å². The van der Waals surface area contributed by atoms with E-state index in [1.807, 2.05) is 31.2 Å². The fraction of sp³-hybridized carbons (Fsp3) is 0.438. The molecule has 0 aliphatic carbocycles. The summed E-state index contributed by atoms with van der Waals surface area (Å²) in [6.07, 6.45) is 4.09. The van der Waals surface area contributed by atoms with E-state index in [0.29, 0.717) is 18.4 Å². The number of nitrogens with one attached hydrogen (secondary N) is 1. The van der Waals surface area contributed by atoms with Gasteiger partial charge in [0, 0.05) is 12.5 Å². The van der Waals surface area contributed by atoms with E-state index in [1.54, 1.807) is 12.5 Å². The summed E-state index contributed by atoms with van der Waals surface area (Å²) in [6.45, 7) is 4.47. The lowest BCUT2D eigenvalue weighted by atomic mass is 10.0. The molecule has 2 atom stereocenters. The maximum Gasteiger partial charge on any atom is 0.235 e. The molecule has 2 aromatic rings. The third-order valence-electron chi connectivity index (χ3n) is 3.62. The van der Waals surface area contributed by atoms with Gasteiger partial charge >= 0.3 is 0 Å². The Labute approximate surface area is 124 Å². The van der Waals surface area contributed by atoms with Crippen LogP contribution in [0.3, 0.4) is 0 Å². The largest absolute Gasteiger partial charge is 0.490 e. The van der Waals surface area contributed by atoms with Crippen molar-refractivity contribution in [1.29, 1.82) is 0 Å². The third kappa shape index (κ3) is 3.19. The Morgan fingerprint density at radius 3 is 2.90 bits per heavy atom. The summed E-state index contributed by atoms with van der Waals surface area (Å²) in [5.74, 6) is 2.45. The van der Waals surface area contributed by atoms with Gasteiger partial charge in [0.1, 0.15) is 6.26 Å². The second-order valence-electron chi connectivity index (χ2n) is 5.04. The van der Waals surface area contributed by atoms with Crippen LogP contribution in [-0.4, -0.2) is 24.7 Å². The molecule has 5 heteroatoms. The predicted octanol–water partition coefficient (Wildman–Crippen LogP) is 2.80. The zero-order valence-corrected chi connectivity index (χ0v) is 12.1. The molecule has 1 saturated heterocycles. The van der Waals surface area contributed by atoms with Gasteiger partial charge < -0.3 is 19.2 Å². The average molecular weight is 288 g/mol. The quantitative estimate of drug-likeness (QED) is 0.885. The summed E-state index contributed by atoms with van der Waals surface area (Å²) in [6, 6.07) is 7.72. The fourth-order valence-corrected chi connectivity index (χ4v) is 2.62. The zero-order valence-electron chi connectivity index (χ0n) is 12.1. The molecule has 1 aromatic carbocycles. The number of benzene rings is 1. The van der Waals surface area contributed by atoms with E-state index in [2.05, 4.69) is 10.3 Å². The maximum absolute atomic E-state index is 6.21. The number of para-hydroxylation sites is 2. The molecule has 3 rings (SSSR count). The molecule has 5 nitrogen and oxygen atoms in total. The molecule has 21 heavy (non-hydrogen) atoms. The van der Waals surface area contributed by atoms with Crippen LogP contribution in [0.4, 0.5) is 0 Å². The Balaban J connectivity index is 1.84. The van der Waals surface area contributed by atoms with Crippen molar-refractivity contribution in [2.24, 2.45) is 5.92 Å². The lowest BCUT2D eigenvalue weighted by Gasteiger charge is -2.22. The van der Waals surface area contributed by atoms with Crippen molar-refractivity contribution in [2.45, 2.75) is 19.4 Å². The van der Waals surface area contributed by atoms with Crippen LogP contribution in [-0.2, 0) is 0 Å². The Morgan fingerprint density at radius 2 is 2.24 bits per heavy atom. The van der Waals surface area contributed by atoms with Gasteiger partial charge in [-0.05, 0) is 32.0 Å². The minimum absolute atomic E-state index is 0.198. The van der Waals surface area contributed by atoms with Crippen LogP contribution in [0, 0.1) is 5.92 Å². The van der Waals surface area contributed by atoms with Gasteiger partial charge in [-0.25, -0.2) is 4.98 Å². The molecule has 1 aliphatic rings. The Morgan fingerprint density at radius 1 is 1.38 bits per heavy atom. The highest BCUT2D eigenvalue weighted by molar-refractivity contribution is 5.39. The molecule has 1 unspecified atom stereocenters. The van der Waals surface area contributed by atoms with Gasteiger partial charge in [-0.15, -0.1) is 0 Å². The smallest absolute Gasteiger partial charge is 0.235 e. The molecule has 1 aliphatic heterocycles. The van der Waals surface area contributed by atoms with Crippen molar-refractivity contribution < 1.29 is 13.9 Å². The Bertz CT molecular complexity index is 550. The van der Waals surface area contributed by atoms with Gasteiger partial charge in [-0.3, -0.25) is 0 Å². The highest BCUT2D eigenvalue weighted by Crippen LogP contribution is 2.35. The molecule has 112 valence electrons. The van der Waals surface area contributed by atoms with E-state index in [0.717, 1.165) is 31.0 Å². The molecule has 0 spiro atoms. The second kappa shape index (κ2) is 6.63. The number of ether oxygens (including phenoxy) is 2. The molecule has 0 saturated carbocycles. The summed E-state index contributed by atoms with van der Waals surface area (Å²) in [5.41, 5.74) is 0. The number of oxazole rings is 1. The first-order valence-corrected chi connectivity index (χ1v) is 7.37. The predicted molar refractivity (Wildman–Crippen MR) is 78.5 cm³/mol. The number of nitrogens with zero attached hydrogens (tertiary/aromatic N) is 1. The van der Waals surface area contributed by atoms with Gasteiger partial charge in [-0.2, -0.15) is 0 Å². The monoisotopic (exact) mass is 288 g/mol. The van der Waals surface area contributed by atoms with Gasteiger partial charge in [-0.1, -0.05) is 12.1 Å². The van der Waals surface area contributed by atoms with Crippen LogP contribution < -0.4 is 14.8 Å². The fourth-order valence-electron chi connectivity index (χ4n) is 2.62. The van der Waals surface area contributed by atoms with Crippen molar-refractivity contribution in [3.8, 4) is 11.5 Å². The molecule has 0 radical (unpaired) electrons. The van der Waals surface area contributed by atoms with Crippen LogP contribution in [0.25, 0.3) is 0 Å². The molecule has 2 heterocycles. The van der Waals surface area contributed by atoms with Crippen LogP contribution in [0.2, 0.25) is 0 Å². The summed E-state index contributed by atoms with van der Waals surface area (Å²) in [4.78, 5) is 4.27. The number of hydrogen-bond acceptors (Lipinski definition) is 5. The molecular weight excluding hydrogens is 268 g/mol. The minimum atomic E-state index is -0.198. The standard InChI is InChI=1S/C16H20N2O3/c1-2-19-13-5-3-4-6-14(13)21-15(12-7-8-17-11-12)16-18-9-10-20-16/h3-6,9-10,12,15,17H,2,7-8,11H2,1H3/t12?,15-/m0/s1. The van der Waals surface area contributed by atoms with E-state index in [1.165, 1.54) is 0 Å². The normalized spacial score (nSPS) is 19.4. The van der Waals surface area contributed by atoms with Crippen molar-refractivity contribution >= 4 is 0 Å². The van der Waals surface area contributed by atoms with Gasteiger partial charge in [0.2, 0.25) is 5.89 Å². The first-order valence-electron chi connectivity index (χ1n) is 7.37. The first-order chi connectivity index (χ1) is 10.4. The van der Waals surface area contributed by atoms with Gasteiger partial charge in [0.25, 0.3) is 0 Å². The Hall–Kier alpha value is -2.01. The highest BCUT2D eigenvalue weighted by atomic mass is 16.5. The van der Waals surface area contributed by atoms with Crippen molar-refractivity contribution in [3.05, 3.63) is 42.6 Å². The van der Waals surface area contributed by atoms with E-state index in [4.69, 9.17) is 13.9 Å². The molecule has 0 bridgehead atoms. The summed E-state index contributed by atoms with van der Waals surface area (Å²) >= 11 is 0. The summed E-state index contributed by atoms with van der Waals surface area (Å²) in [7, 11) is 0. The highest BCUT2D eigenvalue weighted by Gasteiger charge is 2.31. The number of aromatic nitrogens is 1. The van der Waals surface area contributed by atoms with E-state index in [9.17, 15) is 0 Å². The zero-order chi connectivity index (χ0) is 14.5. The maximum atomic E-state index is 6.21. The van der Waals surface area contributed by atoms with Crippen molar-refractivity contribution in [2.75, 3.05) is 19.7 Å². The SMILES string of the molecule is CCOc1ccccc1O[C@H](c1ncco1)C1CCNC1. The van der Waals surface area contributed by atoms with Gasteiger partial charge in [0.15, 0.2) is 17.6 Å². The van der Waals surface area contributed by atoms with Crippen LogP contribution in [0.1, 0.15) is 25.3 Å². The molecule has 1 fully saturated rings. The summed E-state index contributed by atoms with van der Waals surface area (Å²) < 4.78 is 17.3. The summed E-state index contributed by atoms with van der Waals surface area (Å²) in [5, 5.41) is 3.36. The Kier molecular flexibility index (Phi) is 4.40. The van der Waals surface area contributed by atoms with Crippen molar-refractivity contribution in [1.82, 2.24) is 10.3 Å². The van der Waals surface area contributed by atoms with Crippen LogP contribution in [0.5, 0.6) is 11.5 Å². The average Bonchev–Trinajstić information content (AvgIpc) is 3.20. The minimum Gasteiger partial charge on any atom is -0.490 e. The van der Waals surface area contributed by atoms with E-state index < -0.39 is 0 Å². The topological polar surface area (TPSA) is 56.5 Å². The lowest BCUT2D eigenvalue weighted by Crippen LogP contribution is -2.22. The van der Waals surface area contributed by atoms with Gasteiger partial charge in [0.05, 0.1) is 12.8 Å². The number of hydrogen-bond donors (Lipinski definition) is 1. The van der Waals surface area contributed by atoms with E-state index in [-0.39, 0.29) is 6.10 Å². The van der Waals surface area contributed by atoms with Crippen LogP contribution in [0.15, 0.2) is 41.1 Å². The number of rotatable bonds is 6. The second-order valence-corrected chi connectivity index (χ2v) is 5.04. The lowest BCUT2D eigenvalue weighted by molar-refractivity contribution is 0.109. The molecule has 1 N–H and O–H groups in total. The molecule has 1 aromatic heterocycles. The molecular formula is C16H20N2O3.